The zero-order valence-corrected chi connectivity index (χ0v) is 15.2. The predicted octanol–water partition coefficient (Wildman–Crippen LogP) is 2.35. The molecule has 4 rings (SSSR count). The Labute approximate surface area is 157 Å². The maximum atomic E-state index is 13.0. The molecule has 0 fully saturated rings. The van der Waals surface area contributed by atoms with Gasteiger partial charge in [0.05, 0.1) is 24.1 Å². The minimum absolute atomic E-state index is 0.000233. The Balaban J connectivity index is 1.47. The third-order valence-electron chi connectivity index (χ3n) is 4.85. The summed E-state index contributed by atoms with van der Waals surface area (Å²) in [5.74, 6) is 1.55. The van der Waals surface area contributed by atoms with Crippen molar-refractivity contribution >= 4 is 11.9 Å². The van der Waals surface area contributed by atoms with Crippen molar-refractivity contribution in [1.29, 1.82) is 0 Å². The van der Waals surface area contributed by atoms with E-state index in [0.29, 0.717) is 30.4 Å². The van der Waals surface area contributed by atoms with Gasteiger partial charge in [-0.2, -0.15) is 5.10 Å². The van der Waals surface area contributed by atoms with E-state index in [-0.39, 0.29) is 11.8 Å². The SMILES string of the molecule is Cc1occc1C(=O)N1Cc2ccnn2C[C@@H](CCNc2ncccn2)C1. The highest BCUT2D eigenvalue weighted by atomic mass is 16.3. The monoisotopic (exact) mass is 366 g/mol. The lowest BCUT2D eigenvalue weighted by atomic mass is 10.0. The quantitative estimate of drug-likeness (QED) is 0.746. The van der Waals surface area contributed by atoms with Crippen molar-refractivity contribution in [1.82, 2.24) is 24.6 Å². The van der Waals surface area contributed by atoms with E-state index in [0.717, 1.165) is 25.2 Å². The summed E-state index contributed by atoms with van der Waals surface area (Å²) in [5, 5.41) is 7.66. The van der Waals surface area contributed by atoms with Crippen LogP contribution in [-0.2, 0) is 13.1 Å². The zero-order valence-electron chi connectivity index (χ0n) is 15.2. The van der Waals surface area contributed by atoms with E-state index in [1.807, 2.05) is 22.6 Å². The summed E-state index contributed by atoms with van der Waals surface area (Å²) in [5.41, 5.74) is 1.67. The van der Waals surface area contributed by atoms with Gasteiger partial charge in [0.25, 0.3) is 5.91 Å². The first-order valence-electron chi connectivity index (χ1n) is 9.05. The van der Waals surface area contributed by atoms with Gasteiger partial charge < -0.3 is 14.6 Å². The fraction of sp³-hybridized carbons (Fsp3) is 0.368. The molecule has 3 aromatic rings. The van der Waals surface area contributed by atoms with Gasteiger partial charge in [0.1, 0.15) is 5.76 Å². The number of rotatable bonds is 5. The van der Waals surface area contributed by atoms with Gasteiger partial charge in [-0.05, 0) is 37.5 Å². The molecule has 0 radical (unpaired) electrons. The molecule has 140 valence electrons. The number of nitrogens with one attached hydrogen (secondary N) is 1. The molecule has 3 aromatic heterocycles. The number of carbonyl (C=O) groups excluding carboxylic acids is 1. The van der Waals surface area contributed by atoms with Crippen molar-refractivity contribution in [2.45, 2.75) is 26.4 Å². The van der Waals surface area contributed by atoms with Crippen LogP contribution in [0.2, 0.25) is 0 Å². The third kappa shape index (κ3) is 3.84. The van der Waals surface area contributed by atoms with Gasteiger partial charge in [-0.25, -0.2) is 9.97 Å². The highest BCUT2D eigenvalue weighted by Gasteiger charge is 2.27. The summed E-state index contributed by atoms with van der Waals surface area (Å²) >= 11 is 0. The van der Waals surface area contributed by atoms with Crippen LogP contribution in [0.4, 0.5) is 5.95 Å². The van der Waals surface area contributed by atoms with Crippen LogP contribution >= 0.6 is 0 Å². The summed E-state index contributed by atoms with van der Waals surface area (Å²) in [6.45, 7) is 4.56. The Bertz CT molecular complexity index is 904. The molecule has 0 unspecified atom stereocenters. The van der Waals surface area contributed by atoms with E-state index >= 15 is 0 Å². The zero-order chi connectivity index (χ0) is 18.6. The molecule has 0 spiro atoms. The average molecular weight is 366 g/mol. The lowest BCUT2D eigenvalue weighted by molar-refractivity contribution is 0.0717. The molecule has 4 heterocycles. The molecule has 0 aromatic carbocycles. The second-order valence-electron chi connectivity index (χ2n) is 6.73. The maximum Gasteiger partial charge on any atom is 0.257 e. The van der Waals surface area contributed by atoms with E-state index in [2.05, 4.69) is 20.4 Å². The molecule has 0 aliphatic carbocycles. The van der Waals surface area contributed by atoms with Gasteiger partial charge in [0.2, 0.25) is 5.95 Å². The minimum atomic E-state index is 0.000233. The fourth-order valence-electron chi connectivity index (χ4n) is 3.43. The standard InChI is InChI=1S/C19H22N6O2/c1-14-17(5-10-27-14)18(26)24-11-15(12-25-16(13-24)4-9-23-25)3-8-22-19-20-6-2-7-21-19/h2,4-7,9-10,15H,3,8,11-13H2,1H3,(H,20,21,22)/t15-/m0/s1. The number of aryl methyl sites for hydroxylation is 1. The first kappa shape index (κ1) is 17.3. The van der Waals surface area contributed by atoms with Crippen molar-refractivity contribution in [3.8, 4) is 0 Å². The number of nitrogens with zero attached hydrogens (tertiary/aromatic N) is 5. The van der Waals surface area contributed by atoms with Crippen LogP contribution in [0.15, 0.2) is 47.5 Å². The number of hydrogen-bond acceptors (Lipinski definition) is 6. The summed E-state index contributed by atoms with van der Waals surface area (Å²) in [7, 11) is 0. The second-order valence-corrected chi connectivity index (χ2v) is 6.73. The molecule has 1 aliphatic rings. The topological polar surface area (TPSA) is 89.1 Å². The molecule has 1 aliphatic heterocycles. The molecule has 1 atom stereocenters. The molecule has 8 nitrogen and oxygen atoms in total. The number of anilines is 1. The summed E-state index contributed by atoms with van der Waals surface area (Å²) < 4.78 is 7.31. The van der Waals surface area contributed by atoms with Crippen molar-refractivity contribution < 1.29 is 9.21 Å². The van der Waals surface area contributed by atoms with E-state index in [1.165, 1.54) is 0 Å². The van der Waals surface area contributed by atoms with Crippen molar-refractivity contribution in [2.75, 3.05) is 18.4 Å². The summed E-state index contributed by atoms with van der Waals surface area (Å²) in [6, 6.07) is 5.50. The fourth-order valence-corrected chi connectivity index (χ4v) is 3.43. The highest BCUT2D eigenvalue weighted by molar-refractivity contribution is 5.95. The van der Waals surface area contributed by atoms with Gasteiger partial charge in [-0.3, -0.25) is 9.48 Å². The van der Waals surface area contributed by atoms with Gasteiger partial charge in [0, 0.05) is 38.2 Å². The molecule has 0 saturated heterocycles. The summed E-state index contributed by atoms with van der Waals surface area (Å²) in [4.78, 5) is 23.3. The second kappa shape index (κ2) is 7.61. The van der Waals surface area contributed by atoms with Gasteiger partial charge in [-0.15, -0.1) is 0 Å². The van der Waals surface area contributed by atoms with Gasteiger partial charge in [0.15, 0.2) is 0 Å². The largest absolute Gasteiger partial charge is 0.469 e. The van der Waals surface area contributed by atoms with Crippen LogP contribution < -0.4 is 5.32 Å². The number of hydrogen-bond donors (Lipinski definition) is 1. The lowest BCUT2D eigenvalue weighted by Crippen LogP contribution is -2.34. The highest BCUT2D eigenvalue weighted by Crippen LogP contribution is 2.21. The molecular weight excluding hydrogens is 344 g/mol. The Hall–Kier alpha value is -3.16. The van der Waals surface area contributed by atoms with Crippen molar-refractivity contribution in [2.24, 2.45) is 5.92 Å². The van der Waals surface area contributed by atoms with Crippen molar-refractivity contribution in [3.05, 3.63) is 60.1 Å². The number of fused-ring (bicyclic) bond motifs is 1. The Kier molecular flexibility index (Phi) is 4.86. The average Bonchev–Trinajstić information content (AvgIpc) is 3.26. The first-order valence-corrected chi connectivity index (χ1v) is 9.05. The first-order chi connectivity index (χ1) is 13.2. The summed E-state index contributed by atoms with van der Waals surface area (Å²) in [6.07, 6.45) is 7.66. The van der Waals surface area contributed by atoms with Crippen LogP contribution in [0, 0.1) is 12.8 Å². The molecule has 0 bridgehead atoms. The molecule has 27 heavy (non-hydrogen) atoms. The van der Waals surface area contributed by atoms with E-state index in [1.54, 1.807) is 37.0 Å². The minimum Gasteiger partial charge on any atom is -0.469 e. The number of aromatic nitrogens is 4. The van der Waals surface area contributed by atoms with Crippen LogP contribution in [0.25, 0.3) is 0 Å². The van der Waals surface area contributed by atoms with E-state index in [4.69, 9.17) is 4.42 Å². The van der Waals surface area contributed by atoms with Crippen LogP contribution in [0.3, 0.4) is 0 Å². The van der Waals surface area contributed by atoms with Crippen molar-refractivity contribution in [3.63, 3.8) is 0 Å². The third-order valence-corrected chi connectivity index (χ3v) is 4.85. The van der Waals surface area contributed by atoms with E-state index < -0.39 is 0 Å². The molecule has 1 amide bonds. The predicted molar refractivity (Wildman–Crippen MR) is 99.0 cm³/mol. The van der Waals surface area contributed by atoms with Gasteiger partial charge >= 0.3 is 0 Å². The lowest BCUT2D eigenvalue weighted by Gasteiger charge is -2.24. The van der Waals surface area contributed by atoms with Gasteiger partial charge in [-0.1, -0.05) is 0 Å². The number of carbonyl (C=O) groups is 1. The van der Waals surface area contributed by atoms with Crippen LogP contribution in [0.5, 0.6) is 0 Å². The Morgan fingerprint density at radius 2 is 2.11 bits per heavy atom. The Morgan fingerprint density at radius 3 is 2.89 bits per heavy atom. The smallest absolute Gasteiger partial charge is 0.257 e. The molecule has 8 heteroatoms. The Morgan fingerprint density at radius 1 is 1.26 bits per heavy atom. The number of furan rings is 1. The van der Waals surface area contributed by atoms with E-state index in [9.17, 15) is 4.79 Å². The molecular formula is C19H22N6O2. The number of amides is 1. The maximum absolute atomic E-state index is 13.0. The van der Waals surface area contributed by atoms with Crippen LogP contribution in [-0.4, -0.2) is 43.6 Å². The normalized spacial score (nSPS) is 16.6. The molecule has 1 N–H and O–H groups in total. The molecule has 0 saturated carbocycles. The van der Waals surface area contributed by atoms with Crippen LogP contribution in [0.1, 0.15) is 28.2 Å².